The molecule has 0 aliphatic rings. The molecule has 1 aromatic carbocycles. The molecule has 0 atom stereocenters. The molecule has 0 fully saturated rings. The van der Waals surface area contributed by atoms with Gasteiger partial charge >= 0.3 is 11.7 Å². The van der Waals surface area contributed by atoms with E-state index in [2.05, 4.69) is 0 Å². The lowest BCUT2D eigenvalue weighted by molar-refractivity contribution is -0.386. The molecule has 1 rings (SSSR count). The van der Waals surface area contributed by atoms with Crippen molar-refractivity contribution in [2.75, 3.05) is 6.61 Å². The highest BCUT2D eigenvalue weighted by Gasteiger charge is 2.24. The Kier molecular flexibility index (Phi) is 6.95. The smallest absolute Gasteiger partial charge is 0.314 e. The van der Waals surface area contributed by atoms with Crippen molar-refractivity contribution < 1.29 is 19.6 Å². The second-order valence-electron chi connectivity index (χ2n) is 5.87. The first-order chi connectivity index (χ1) is 11.2. The molecule has 0 radical (unpaired) electrons. The van der Waals surface area contributed by atoms with Crippen LogP contribution in [0.2, 0.25) is 0 Å². The summed E-state index contributed by atoms with van der Waals surface area (Å²) in [6.07, 6.45) is 3.13. The number of rotatable bonds is 7. The molecule has 6 heteroatoms. The van der Waals surface area contributed by atoms with Gasteiger partial charge in [-0.3, -0.25) is 14.9 Å². The number of hydrogen-bond acceptors (Lipinski definition) is 5. The Hall–Kier alpha value is -2.37. The fourth-order valence-electron chi connectivity index (χ4n) is 2.57. The van der Waals surface area contributed by atoms with Gasteiger partial charge in [-0.05, 0) is 58.6 Å². The third-order valence-corrected chi connectivity index (χ3v) is 4.31. The number of aromatic hydroxyl groups is 1. The van der Waals surface area contributed by atoms with Crippen LogP contribution in [0.4, 0.5) is 5.69 Å². The molecule has 0 bridgehead atoms. The number of ether oxygens (including phenoxy) is 1. The first-order valence-electron chi connectivity index (χ1n) is 7.97. The summed E-state index contributed by atoms with van der Waals surface area (Å²) in [5.74, 6) is -0.513. The molecule has 0 heterocycles. The number of nitro benzene ring substituents is 1. The maximum atomic E-state index is 11.4. The normalized spacial score (nSPS) is 11.5. The van der Waals surface area contributed by atoms with Gasteiger partial charge in [-0.15, -0.1) is 0 Å². The van der Waals surface area contributed by atoms with Crippen LogP contribution in [-0.2, 0) is 16.0 Å². The van der Waals surface area contributed by atoms with Gasteiger partial charge in [0.2, 0.25) is 0 Å². The SMILES string of the molecule is CCOC(=O)CC/C(C)=C/Cc1c(C)c(C)c(C)c([N+](=O)[O-])c1O. The van der Waals surface area contributed by atoms with Gasteiger partial charge in [0, 0.05) is 17.5 Å². The lowest BCUT2D eigenvalue weighted by atomic mass is 9.93. The van der Waals surface area contributed by atoms with Gasteiger partial charge in [0.05, 0.1) is 11.5 Å². The molecular weight excluding hydrogens is 310 g/mol. The van der Waals surface area contributed by atoms with Crippen molar-refractivity contribution in [2.45, 2.75) is 53.9 Å². The van der Waals surface area contributed by atoms with Crippen molar-refractivity contribution in [3.8, 4) is 5.75 Å². The highest BCUT2D eigenvalue weighted by Crippen LogP contribution is 2.38. The van der Waals surface area contributed by atoms with E-state index in [1.54, 1.807) is 13.8 Å². The lowest BCUT2D eigenvalue weighted by Gasteiger charge is -2.13. The van der Waals surface area contributed by atoms with Gasteiger partial charge < -0.3 is 9.84 Å². The molecule has 0 amide bonds. The summed E-state index contributed by atoms with van der Waals surface area (Å²) in [7, 11) is 0. The molecule has 0 aromatic heterocycles. The molecule has 0 aliphatic heterocycles. The number of phenolic OH excluding ortho intramolecular Hbond substituents is 1. The van der Waals surface area contributed by atoms with Crippen LogP contribution in [0.5, 0.6) is 5.75 Å². The lowest BCUT2D eigenvalue weighted by Crippen LogP contribution is -2.04. The van der Waals surface area contributed by atoms with Gasteiger partial charge in [0.1, 0.15) is 0 Å². The maximum absolute atomic E-state index is 11.4. The summed E-state index contributed by atoms with van der Waals surface area (Å²) in [6.45, 7) is 9.33. The number of hydrogen-bond donors (Lipinski definition) is 1. The predicted octanol–water partition coefficient (Wildman–Crippen LogP) is 4.06. The van der Waals surface area contributed by atoms with Crippen LogP contribution in [-0.4, -0.2) is 22.6 Å². The summed E-state index contributed by atoms with van der Waals surface area (Å²) in [5, 5.41) is 21.5. The fourth-order valence-corrected chi connectivity index (χ4v) is 2.57. The highest BCUT2D eigenvalue weighted by molar-refractivity contribution is 5.69. The van der Waals surface area contributed by atoms with E-state index in [1.807, 2.05) is 26.8 Å². The number of allylic oxidation sites excluding steroid dienone is 2. The first kappa shape index (κ1) is 19.7. The number of esters is 1. The Balaban J connectivity index is 3.01. The van der Waals surface area contributed by atoms with Gasteiger partial charge in [0.25, 0.3) is 0 Å². The van der Waals surface area contributed by atoms with Crippen LogP contribution in [0, 0.1) is 30.9 Å². The molecule has 0 aliphatic carbocycles. The molecule has 1 N–H and O–H groups in total. The predicted molar refractivity (Wildman–Crippen MR) is 92.3 cm³/mol. The van der Waals surface area contributed by atoms with E-state index >= 15 is 0 Å². The Morgan fingerprint density at radius 3 is 2.38 bits per heavy atom. The largest absolute Gasteiger partial charge is 0.502 e. The molecule has 6 nitrogen and oxygen atoms in total. The average molecular weight is 335 g/mol. The number of nitrogens with zero attached hydrogens (tertiary/aromatic N) is 1. The summed E-state index contributed by atoms with van der Waals surface area (Å²) in [5.41, 5.74) is 3.45. The first-order valence-corrected chi connectivity index (χ1v) is 7.97. The number of carbonyl (C=O) groups excluding carboxylic acids is 1. The zero-order valence-electron chi connectivity index (χ0n) is 14.9. The summed E-state index contributed by atoms with van der Waals surface area (Å²) in [4.78, 5) is 22.0. The number of nitro groups is 1. The Morgan fingerprint density at radius 2 is 1.83 bits per heavy atom. The number of carbonyl (C=O) groups is 1. The topological polar surface area (TPSA) is 89.7 Å². The minimum absolute atomic E-state index is 0.231. The van der Waals surface area contributed by atoms with Crippen LogP contribution in [0.3, 0.4) is 0 Å². The zero-order chi connectivity index (χ0) is 18.4. The van der Waals surface area contributed by atoms with Gasteiger partial charge in [-0.1, -0.05) is 11.6 Å². The van der Waals surface area contributed by atoms with Crippen molar-refractivity contribution in [3.05, 3.63) is 44.0 Å². The van der Waals surface area contributed by atoms with E-state index in [0.717, 1.165) is 16.7 Å². The van der Waals surface area contributed by atoms with E-state index in [9.17, 15) is 20.0 Å². The van der Waals surface area contributed by atoms with E-state index in [4.69, 9.17) is 4.74 Å². The Labute approximate surface area is 142 Å². The standard InChI is InChI=1S/C18H25NO5/c1-6-24-16(20)10-8-11(2)7-9-15-13(4)12(3)14(5)17(18(15)21)19(22)23/h7,21H,6,8-10H2,1-5H3/b11-7+. The van der Waals surface area contributed by atoms with E-state index in [0.29, 0.717) is 37.0 Å². The monoisotopic (exact) mass is 335 g/mol. The molecule has 0 spiro atoms. The van der Waals surface area contributed by atoms with Crippen LogP contribution in [0.1, 0.15) is 48.9 Å². The van der Waals surface area contributed by atoms with Gasteiger partial charge in [-0.2, -0.15) is 0 Å². The Bertz CT molecular complexity index is 677. The molecule has 1 aromatic rings. The molecule has 0 saturated carbocycles. The molecule has 24 heavy (non-hydrogen) atoms. The molecule has 0 unspecified atom stereocenters. The van der Waals surface area contributed by atoms with Crippen LogP contribution >= 0.6 is 0 Å². The zero-order valence-corrected chi connectivity index (χ0v) is 14.9. The summed E-state index contributed by atoms with van der Waals surface area (Å²) >= 11 is 0. The second kappa shape index (κ2) is 8.47. The third kappa shape index (κ3) is 4.57. The Morgan fingerprint density at radius 1 is 1.21 bits per heavy atom. The van der Waals surface area contributed by atoms with Gasteiger partial charge in [-0.25, -0.2) is 0 Å². The third-order valence-electron chi connectivity index (χ3n) is 4.31. The van der Waals surface area contributed by atoms with Crippen molar-refractivity contribution in [1.29, 1.82) is 0 Å². The molecule has 0 saturated heterocycles. The quantitative estimate of drug-likeness (QED) is 0.351. The summed E-state index contributed by atoms with van der Waals surface area (Å²) < 4.78 is 4.88. The molecular formula is C18H25NO5. The van der Waals surface area contributed by atoms with Crippen molar-refractivity contribution in [1.82, 2.24) is 0 Å². The van der Waals surface area contributed by atoms with E-state index in [1.165, 1.54) is 0 Å². The van der Waals surface area contributed by atoms with Crippen LogP contribution in [0.25, 0.3) is 0 Å². The van der Waals surface area contributed by atoms with Crippen molar-refractivity contribution >= 4 is 11.7 Å². The fraction of sp³-hybridized carbons (Fsp3) is 0.500. The maximum Gasteiger partial charge on any atom is 0.314 e. The van der Waals surface area contributed by atoms with E-state index in [-0.39, 0.29) is 17.4 Å². The van der Waals surface area contributed by atoms with Crippen molar-refractivity contribution in [3.63, 3.8) is 0 Å². The minimum atomic E-state index is -0.544. The van der Waals surface area contributed by atoms with Crippen molar-refractivity contribution in [2.24, 2.45) is 0 Å². The highest BCUT2D eigenvalue weighted by atomic mass is 16.6. The molecule has 132 valence electrons. The summed E-state index contributed by atoms with van der Waals surface area (Å²) in [6, 6.07) is 0. The average Bonchev–Trinajstić information content (AvgIpc) is 2.50. The minimum Gasteiger partial charge on any atom is -0.502 e. The van der Waals surface area contributed by atoms with Crippen LogP contribution < -0.4 is 0 Å². The van der Waals surface area contributed by atoms with E-state index < -0.39 is 4.92 Å². The second-order valence-corrected chi connectivity index (χ2v) is 5.87. The van der Waals surface area contributed by atoms with Crippen LogP contribution in [0.15, 0.2) is 11.6 Å². The number of benzene rings is 1. The number of phenols is 1. The van der Waals surface area contributed by atoms with Gasteiger partial charge in [0.15, 0.2) is 5.75 Å².